The molecule has 1 fully saturated rings. The Balaban J connectivity index is 1.56. The number of aromatic nitrogens is 6. The van der Waals surface area contributed by atoms with E-state index in [2.05, 4.69) is 31.8 Å². The fourth-order valence-electron chi connectivity index (χ4n) is 3.51. The number of likely N-dealkylation sites (tertiary alicyclic amines) is 1. The molecule has 0 spiro atoms. The Kier molecular flexibility index (Phi) is 4.17. The van der Waals surface area contributed by atoms with Crippen LogP contribution in [0.5, 0.6) is 0 Å². The van der Waals surface area contributed by atoms with Crippen molar-refractivity contribution in [3.05, 3.63) is 42.4 Å². The molecule has 25 heavy (non-hydrogen) atoms. The number of rotatable bonds is 4. The normalized spacial score (nSPS) is 18.0. The van der Waals surface area contributed by atoms with Gasteiger partial charge in [0, 0.05) is 37.9 Å². The predicted octanol–water partition coefficient (Wildman–Crippen LogP) is 1.75. The summed E-state index contributed by atoms with van der Waals surface area (Å²) in [5.74, 6) is 1.19. The minimum Gasteiger partial charge on any atom is -0.338 e. The van der Waals surface area contributed by atoms with Gasteiger partial charge in [-0.1, -0.05) is 6.92 Å². The molecule has 8 heteroatoms. The molecule has 130 valence electrons. The minimum atomic E-state index is -0.0139. The Labute approximate surface area is 145 Å². The molecule has 1 aliphatic rings. The van der Waals surface area contributed by atoms with Gasteiger partial charge < -0.3 is 9.47 Å². The van der Waals surface area contributed by atoms with Crippen LogP contribution in [0.4, 0.5) is 0 Å². The van der Waals surface area contributed by atoms with Crippen LogP contribution >= 0.6 is 0 Å². The highest BCUT2D eigenvalue weighted by Gasteiger charge is 2.29. The first-order chi connectivity index (χ1) is 12.3. The summed E-state index contributed by atoms with van der Waals surface area (Å²) in [5.41, 5.74) is 1.15. The third-order valence-corrected chi connectivity index (χ3v) is 4.69. The molecule has 4 rings (SSSR count). The van der Waals surface area contributed by atoms with Crippen molar-refractivity contribution < 1.29 is 4.79 Å². The SMILES string of the molecule is CCCn1cnnc1[C@H]1CCCN(C(=O)c2cnn3cccnc23)C1. The lowest BCUT2D eigenvalue weighted by atomic mass is 9.96. The minimum absolute atomic E-state index is 0.0139. The summed E-state index contributed by atoms with van der Waals surface area (Å²) in [4.78, 5) is 19.2. The van der Waals surface area contributed by atoms with E-state index in [4.69, 9.17) is 0 Å². The third-order valence-electron chi connectivity index (χ3n) is 4.69. The van der Waals surface area contributed by atoms with Gasteiger partial charge in [0.25, 0.3) is 5.91 Å². The van der Waals surface area contributed by atoms with Gasteiger partial charge in [-0.15, -0.1) is 10.2 Å². The van der Waals surface area contributed by atoms with Crippen molar-refractivity contribution in [3.8, 4) is 0 Å². The lowest BCUT2D eigenvalue weighted by Crippen LogP contribution is -2.39. The topological polar surface area (TPSA) is 81.2 Å². The average molecular weight is 339 g/mol. The molecule has 1 aliphatic heterocycles. The molecule has 4 heterocycles. The van der Waals surface area contributed by atoms with Crippen LogP contribution in [0.1, 0.15) is 48.3 Å². The molecule has 0 radical (unpaired) electrons. The van der Waals surface area contributed by atoms with Crippen LogP contribution in [-0.4, -0.2) is 53.3 Å². The molecule has 3 aromatic rings. The summed E-state index contributed by atoms with van der Waals surface area (Å²) in [6.07, 6.45) is 9.89. The lowest BCUT2D eigenvalue weighted by molar-refractivity contribution is 0.0705. The van der Waals surface area contributed by atoms with E-state index in [1.807, 2.05) is 4.90 Å². The first kappa shape index (κ1) is 15.7. The summed E-state index contributed by atoms with van der Waals surface area (Å²) in [7, 11) is 0. The van der Waals surface area contributed by atoms with Crippen molar-refractivity contribution in [1.82, 2.24) is 34.3 Å². The standard InChI is InChI=1S/C17H21N7O/c1-2-7-23-12-19-21-15(23)13-5-3-8-22(11-13)17(25)14-10-20-24-9-4-6-18-16(14)24/h4,6,9-10,12-13H,2-3,5,7-8,11H2,1H3/t13-/m0/s1. The fourth-order valence-corrected chi connectivity index (χ4v) is 3.51. The number of nitrogens with zero attached hydrogens (tertiary/aromatic N) is 7. The van der Waals surface area contributed by atoms with E-state index in [0.29, 0.717) is 17.8 Å². The lowest BCUT2D eigenvalue weighted by Gasteiger charge is -2.32. The Hall–Kier alpha value is -2.77. The van der Waals surface area contributed by atoms with E-state index in [-0.39, 0.29) is 11.8 Å². The van der Waals surface area contributed by atoms with Crippen LogP contribution < -0.4 is 0 Å². The van der Waals surface area contributed by atoms with Gasteiger partial charge in [-0.2, -0.15) is 5.10 Å². The summed E-state index contributed by atoms with van der Waals surface area (Å²) >= 11 is 0. The van der Waals surface area contributed by atoms with Gasteiger partial charge in [-0.3, -0.25) is 4.79 Å². The zero-order valence-electron chi connectivity index (χ0n) is 14.2. The number of aryl methyl sites for hydroxylation is 1. The van der Waals surface area contributed by atoms with Crippen LogP contribution in [0.3, 0.4) is 0 Å². The molecule has 3 aromatic heterocycles. The van der Waals surface area contributed by atoms with Gasteiger partial charge >= 0.3 is 0 Å². The second kappa shape index (κ2) is 6.62. The molecule has 1 saturated heterocycles. The second-order valence-corrected chi connectivity index (χ2v) is 6.42. The largest absolute Gasteiger partial charge is 0.338 e. The van der Waals surface area contributed by atoms with Gasteiger partial charge in [0.1, 0.15) is 17.7 Å². The highest BCUT2D eigenvalue weighted by Crippen LogP contribution is 2.27. The first-order valence-electron chi connectivity index (χ1n) is 8.73. The Bertz CT molecular complexity index is 884. The van der Waals surface area contributed by atoms with E-state index >= 15 is 0 Å². The van der Waals surface area contributed by atoms with Gasteiger partial charge in [0.05, 0.1) is 6.20 Å². The van der Waals surface area contributed by atoms with Crippen molar-refractivity contribution in [2.24, 2.45) is 0 Å². The van der Waals surface area contributed by atoms with Crippen molar-refractivity contribution >= 4 is 11.6 Å². The van der Waals surface area contributed by atoms with E-state index < -0.39 is 0 Å². The molecule has 1 amide bonds. The molecule has 1 atom stereocenters. The van der Waals surface area contributed by atoms with E-state index in [9.17, 15) is 4.79 Å². The zero-order chi connectivity index (χ0) is 17.2. The summed E-state index contributed by atoms with van der Waals surface area (Å²) in [6, 6.07) is 1.80. The Morgan fingerprint density at radius 1 is 1.40 bits per heavy atom. The maximum absolute atomic E-state index is 13.0. The number of hydrogen-bond acceptors (Lipinski definition) is 5. The molecule has 0 N–H and O–H groups in total. The van der Waals surface area contributed by atoms with Gasteiger partial charge in [0.15, 0.2) is 5.65 Å². The molecule has 0 unspecified atom stereocenters. The quantitative estimate of drug-likeness (QED) is 0.723. The van der Waals surface area contributed by atoms with Crippen molar-refractivity contribution in [3.63, 3.8) is 0 Å². The number of carbonyl (C=O) groups is 1. The summed E-state index contributed by atoms with van der Waals surface area (Å²) < 4.78 is 3.74. The number of hydrogen-bond donors (Lipinski definition) is 0. The number of piperidine rings is 1. The molecular formula is C17H21N7O. The second-order valence-electron chi connectivity index (χ2n) is 6.42. The van der Waals surface area contributed by atoms with Gasteiger partial charge in [-0.05, 0) is 25.3 Å². The van der Waals surface area contributed by atoms with Crippen molar-refractivity contribution in [2.45, 2.75) is 38.6 Å². The maximum atomic E-state index is 13.0. The monoisotopic (exact) mass is 339 g/mol. The van der Waals surface area contributed by atoms with Crippen LogP contribution in [0, 0.1) is 0 Å². The Morgan fingerprint density at radius 3 is 3.20 bits per heavy atom. The highest BCUT2D eigenvalue weighted by molar-refractivity contribution is 5.99. The number of amides is 1. The van der Waals surface area contributed by atoms with E-state index in [1.165, 1.54) is 0 Å². The first-order valence-corrected chi connectivity index (χ1v) is 8.73. The van der Waals surface area contributed by atoms with Crippen molar-refractivity contribution in [1.29, 1.82) is 0 Å². The highest BCUT2D eigenvalue weighted by atomic mass is 16.2. The molecule has 0 aliphatic carbocycles. The van der Waals surface area contributed by atoms with Crippen molar-refractivity contribution in [2.75, 3.05) is 13.1 Å². The number of fused-ring (bicyclic) bond motifs is 1. The third kappa shape index (κ3) is 2.88. The Morgan fingerprint density at radius 2 is 2.32 bits per heavy atom. The van der Waals surface area contributed by atoms with Crippen LogP contribution in [0.15, 0.2) is 31.0 Å². The van der Waals surface area contributed by atoms with E-state index in [0.717, 1.165) is 38.2 Å². The average Bonchev–Trinajstić information content (AvgIpc) is 3.28. The molecule has 0 saturated carbocycles. The molecule has 0 bridgehead atoms. The van der Waals surface area contributed by atoms with Gasteiger partial charge in [-0.25, -0.2) is 9.50 Å². The molecule has 0 aromatic carbocycles. The van der Waals surface area contributed by atoms with E-state index in [1.54, 1.807) is 35.5 Å². The zero-order valence-corrected chi connectivity index (χ0v) is 14.2. The molecule has 8 nitrogen and oxygen atoms in total. The smallest absolute Gasteiger partial charge is 0.259 e. The fraction of sp³-hybridized carbons (Fsp3) is 0.471. The van der Waals surface area contributed by atoms with Crippen LogP contribution in [0.25, 0.3) is 5.65 Å². The van der Waals surface area contributed by atoms with Crippen LogP contribution in [-0.2, 0) is 6.54 Å². The van der Waals surface area contributed by atoms with Gasteiger partial charge in [0.2, 0.25) is 0 Å². The summed E-state index contributed by atoms with van der Waals surface area (Å²) in [5, 5.41) is 12.6. The maximum Gasteiger partial charge on any atom is 0.259 e. The summed E-state index contributed by atoms with van der Waals surface area (Å²) in [6.45, 7) is 4.45. The van der Waals surface area contributed by atoms with Crippen LogP contribution in [0.2, 0.25) is 0 Å². The number of carbonyl (C=O) groups excluding carboxylic acids is 1. The predicted molar refractivity (Wildman–Crippen MR) is 91.2 cm³/mol. The molecular weight excluding hydrogens is 318 g/mol.